The fourth-order valence-electron chi connectivity index (χ4n) is 2.75. The maximum Gasteiger partial charge on any atom is 0.461 e. The van der Waals surface area contributed by atoms with Crippen molar-refractivity contribution in [3.05, 3.63) is 58.9 Å². The first-order chi connectivity index (χ1) is 14.4. The maximum absolute atomic E-state index is 13.1. The van der Waals surface area contributed by atoms with Crippen molar-refractivity contribution in [1.29, 1.82) is 0 Å². The van der Waals surface area contributed by atoms with Gasteiger partial charge in [-0.15, -0.1) is 0 Å². The molecule has 1 aromatic heterocycles. The summed E-state index contributed by atoms with van der Waals surface area (Å²) in [4.78, 5) is 29.0. The lowest BCUT2D eigenvalue weighted by molar-refractivity contribution is -0.253. The Bertz CT molecular complexity index is 948. The lowest BCUT2D eigenvalue weighted by Crippen LogP contribution is -2.33. The number of alkyl halides is 4. The number of nitrogens with one attached hydrogen (secondary N) is 1. The highest BCUT2D eigenvalue weighted by Gasteiger charge is 2.44. The van der Waals surface area contributed by atoms with E-state index < -0.39 is 30.2 Å². The number of carbonyl (C=O) groups is 2. The molecule has 1 N–H and O–H groups in total. The molecule has 0 aliphatic rings. The second-order valence-corrected chi connectivity index (χ2v) is 7.52. The van der Waals surface area contributed by atoms with Crippen LogP contribution in [-0.4, -0.2) is 29.2 Å². The summed E-state index contributed by atoms with van der Waals surface area (Å²) in [5, 5.41) is 2.71. The number of aryl methyl sites for hydroxylation is 1. The van der Waals surface area contributed by atoms with Gasteiger partial charge in [0, 0.05) is 29.3 Å². The SMILES string of the molecule is Cc1cc(C(=O)NC(C)c2cccc(OC(F)(F)C(F)F)c2)cc(CC(=O)C(C)C)n1. The van der Waals surface area contributed by atoms with E-state index in [9.17, 15) is 27.2 Å². The van der Waals surface area contributed by atoms with Crippen LogP contribution in [0.4, 0.5) is 17.6 Å². The summed E-state index contributed by atoms with van der Waals surface area (Å²) in [6, 6.07) is 7.64. The number of halogens is 4. The fraction of sp³-hybridized carbons (Fsp3) is 0.409. The molecule has 0 aliphatic heterocycles. The topological polar surface area (TPSA) is 68.3 Å². The van der Waals surface area contributed by atoms with Crippen LogP contribution in [0.5, 0.6) is 5.75 Å². The van der Waals surface area contributed by atoms with Crippen LogP contribution in [0.1, 0.15) is 54.1 Å². The van der Waals surface area contributed by atoms with Crippen LogP contribution in [0.15, 0.2) is 36.4 Å². The van der Waals surface area contributed by atoms with Crippen LogP contribution >= 0.6 is 0 Å². The minimum Gasteiger partial charge on any atom is -0.428 e. The molecule has 9 heteroatoms. The molecule has 0 saturated heterocycles. The summed E-state index contributed by atoms with van der Waals surface area (Å²) in [7, 11) is 0. The Balaban J connectivity index is 2.15. The van der Waals surface area contributed by atoms with Crippen molar-refractivity contribution < 1.29 is 31.9 Å². The van der Waals surface area contributed by atoms with Crippen LogP contribution in [0, 0.1) is 12.8 Å². The Labute approximate surface area is 177 Å². The summed E-state index contributed by atoms with van der Waals surface area (Å²) in [5.41, 5.74) is 1.72. The molecule has 1 heterocycles. The largest absolute Gasteiger partial charge is 0.461 e. The first-order valence-electron chi connectivity index (χ1n) is 9.65. The number of pyridine rings is 1. The van der Waals surface area contributed by atoms with E-state index in [0.29, 0.717) is 22.5 Å². The van der Waals surface area contributed by atoms with E-state index >= 15 is 0 Å². The van der Waals surface area contributed by atoms with E-state index in [-0.39, 0.29) is 18.1 Å². The number of Topliss-reactive ketones (excluding diaryl/α,β-unsaturated/α-hetero) is 1. The number of nitrogens with zero attached hydrogens (tertiary/aromatic N) is 1. The second-order valence-electron chi connectivity index (χ2n) is 7.52. The number of ketones is 1. The van der Waals surface area contributed by atoms with Gasteiger partial charge in [-0.2, -0.15) is 17.6 Å². The highest BCUT2D eigenvalue weighted by Crippen LogP contribution is 2.29. The van der Waals surface area contributed by atoms with Crippen LogP contribution in [0.3, 0.4) is 0 Å². The molecular formula is C22H24F4N2O3. The normalized spacial score (nSPS) is 12.7. The molecule has 0 bridgehead atoms. The zero-order valence-corrected chi connectivity index (χ0v) is 17.6. The Kier molecular flexibility index (Phi) is 7.75. The van der Waals surface area contributed by atoms with Crippen molar-refractivity contribution in [3.63, 3.8) is 0 Å². The minimum atomic E-state index is -4.62. The average molecular weight is 440 g/mol. The standard InChI is InChI=1S/C22H24F4N2O3/c1-12(2)19(29)11-17-9-16(8-13(3)27-17)20(30)28-14(4)15-6-5-7-18(10-15)31-22(25,26)21(23)24/h5-10,12,14,21H,11H2,1-4H3,(H,28,30). The summed E-state index contributed by atoms with van der Waals surface area (Å²) < 4.78 is 55.1. The van der Waals surface area contributed by atoms with Gasteiger partial charge in [0.2, 0.25) is 0 Å². The van der Waals surface area contributed by atoms with Crippen LogP contribution < -0.4 is 10.1 Å². The number of aromatic nitrogens is 1. The van der Waals surface area contributed by atoms with Crippen molar-refractivity contribution in [2.24, 2.45) is 5.92 Å². The van der Waals surface area contributed by atoms with Gasteiger partial charge >= 0.3 is 12.5 Å². The number of carbonyl (C=O) groups excluding carboxylic acids is 2. The van der Waals surface area contributed by atoms with Crippen molar-refractivity contribution in [2.75, 3.05) is 0 Å². The smallest absolute Gasteiger partial charge is 0.428 e. The molecule has 1 atom stereocenters. The summed E-state index contributed by atoms with van der Waals surface area (Å²) in [6.45, 7) is 6.87. The molecule has 2 rings (SSSR count). The van der Waals surface area contributed by atoms with Gasteiger partial charge < -0.3 is 10.1 Å². The first-order valence-corrected chi connectivity index (χ1v) is 9.65. The molecule has 1 amide bonds. The molecule has 0 radical (unpaired) electrons. The molecule has 0 spiro atoms. The second kappa shape index (κ2) is 9.89. The molecule has 0 aliphatic carbocycles. The molecule has 0 saturated carbocycles. The first kappa shape index (κ1) is 24.3. The van der Waals surface area contributed by atoms with Crippen molar-refractivity contribution in [1.82, 2.24) is 10.3 Å². The van der Waals surface area contributed by atoms with E-state index in [1.54, 1.807) is 39.8 Å². The fourth-order valence-corrected chi connectivity index (χ4v) is 2.75. The predicted molar refractivity (Wildman–Crippen MR) is 106 cm³/mol. The number of ether oxygens (including phenoxy) is 1. The zero-order chi connectivity index (χ0) is 23.3. The molecule has 31 heavy (non-hydrogen) atoms. The monoisotopic (exact) mass is 440 g/mol. The van der Waals surface area contributed by atoms with Gasteiger partial charge in [0.25, 0.3) is 5.91 Å². The number of benzene rings is 1. The zero-order valence-electron chi connectivity index (χ0n) is 17.6. The van der Waals surface area contributed by atoms with Gasteiger partial charge in [0.05, 0.1) is 6.04 Å². The summed E-state index contributed by atoms with van der Waals surface area (Å²) in [6.07, 6.45) is -8.49. The molecule has 2 aromatic rings. The van der Waals surface area contributed by atoms with Crippen LogP contribution in [0.2, 0.25) is 0 Å². The highest BCUT2D eigenvalue weighted by atomic mass is 19.3. The summed E-state index contributed by atoms with van der Waals surface area (Å²) >= 11 is 0. The van der Waals surface area contributed by atoms with Gasteiger partial charge in [-0.3, -0.25) is 14.6 Å². The maximum atomic E-state index is 13.1. The van der Waals surface area contributed by atoms with Gasteiger partial charge in [-0.05, 0) is 43.7 Å². The molecular weight excluding hydrogens is 416 g/mol. The van der Waals surface area contributed by atoms with Gasteiger partial charge in [0.1, 0.15) is 11.5 Å². The van der Waals surface area contributed by atoms with Gasteiger partial charge in [-0.25, -0.2) is 0 Å². The number of hydrogen-bond donors (Lipinski definition) is 1. The Morgan fingerprint density at radius 1 is 1.13 bits per heavy atom. The van der Waals surface area contributed by atoms with E-state index in [4.69, 9.17) is 0 Å². The van der Waals surface area contributed by atoms with Gasteiger partial charge in [0.15, 0.2) is 0 Å². The Morgan fingerprint density at radius 2 is 1.81 bits per heavy atom. The Morgan fingerprint density at radius 3 is 2.42 bits per heavy atom. The van der Waals surface area contributed by atoms with Crippen molar-refractivity contribution in [3.8, 4) is 5.75 Å². The molecule has 168 valence electrons. The van der Waals surface area contributed by atoms with Crippen molar-refractivity contribution in [2.45, 2.75) is 52.7 Å². The highest BCUT2D eigenvalue weighted by molar-refractivity contribution is 5.95. The lowest BCUT2D eigenvalue weighted by Gasteiger charge is -2.19. The van der Waals surface area contributed by atoms with E-state index in [1.165, 1.54) is 12.1 Å². The Hall–Kier alpha value is -2.97. The van der Waals surface area contributed by atoms with E-state index in [1.807, 2.05) is 0 Å². The third-order valence-corrected chi connectivity index (χ3v) is 4.48. The van der Waals surface area contributed by atoms with Crippen LogP contribution in [0.25, 0.3) is 0 Å². The van der Waals surface area contributed by atoms with Crippen molar-refractivity contribution >= 4 is 11.7 Å². The van der Waals surface area contributed by atoms with E-state index in [0.717, 1.165) is 12.1 Å². The van der Waals surface area contributed by atoms with Gasteiger partial charge in [-0.1, -0.05) is 26.0 Å². The number of amides is 1. The van der Waals surface area contributed by atoms with Crippen LogP contribution in [-0.2, 0) is 11.2 Å². The molecule has 1 unspecified atom stereocenters. The molecule has 1 aromatic carbocycles. The number of rotatable bonds is 9. The minimum absolute atomic E-state index is 0.00441. The third-order valence-electron chi connectivity index (χ3n) is 4.48. The molecule has 0 fully saturated rings. The average Bonchev–Trinajstić information content (AvgIpc) is 2.67. The quantitative estimate of drug-likeness (QED) is 0.564. The molecule has 5 nitrogen and oxygen atoms in total. The number of hydrogen-bond acceptors (Lipinski definition) is 4. The third kappa shape index (κ3) is 6.77. The lowest BCUT2D eigenvalue weighted by atomic mass is 10.0. The summed E-state index contributed by atoms with van der Waals surface area (Å²) in [5.74, 6) is -1.07. The predicted octanol–water partition coefficient (Wildman–Crippen LogP) is 4.89. The van der Waals surface area contributed by atoms with E-state index in [2.05, 4.69) is 15.0 Å².